The highest BCUT2D eigenvalue weighted by Gasteiger charge is 2.22. The molecule has 150 valence electrons. The SMILES string of the molecule is Cc1ccc(-c2cc(-c3ccccc3)c3c(N)c(C(=O)c4ccccc4)sc3n2)cc1. The number of nitrogens with zero attached hydrogens (tertiary/aromatic N) is 1. The lowest BCUT2D eigenvalue weighted by Gasteiger charge is -2.09. The zero-order valence-electron chi connectivity index (χ0n) is 17.0. The van der Waals surface area contributed by atoms with Gasteiger partial charge in [-0.15, -0.1) is 11.3 Å². The summed E-state index contributed by atoms with van der Waals surface area (Å²) in [5.74, 6) is -0.0722. The van der Waals surface area contributed by atoms with Crippen molar-refractivity contribution < 1.29 is 4.79 Å². The number of carbonyl (C=O) groups is 1. The molecule has 0 saturated carbocycles. The fourth-order valence-electron chi connectivity index (χ4n) is 3.73. The molecule has 3 nitrogen and oxygen atoms in total. The number of thiophene rings is 1. The van der Waals surface area contributed by atoms with E-state index in [1.165, 1.54) is 16.9 Å². The third-order valence-corrected chi connectivity index (χ3v) is 6.47. The monoisotopic (exact) mass is 420 g/mol. The molecule has 5 aromatic rings. The first-order valence-electron chi connectivity index (χ1n) is 10.1. The minimum absolute atomic E-state index is 0.0722. The van der Waals surface area contributed by atoms with Crippen molar-refractivity contribution in [2.75, 3.05) is 5.73 Å². The van der Waals surface area contributed by atoms with Crippen molar-refractivity contribution in [3.8, 4) is 22.4 Å². The lowest BCUT2D eigenvalue weighted by atomic mass is 9.98. The molecule has 0 aliphatic heterocycles. The quantitative estimate of drug-likeness (QED) is 0.327. The fraction of sp³-hybridized carbons (Fsp3) is 0.0370. The summed E-state index contributed by atoms with van der Waals surface area (Å²) in [6.07, 6.45) is 0. The number of carbonyl (C=O) groups excluding carboxylic acids is 1. The normalized spacial score (nSPS) is 11.0. The topological polar surface area (TPSA) is 56.0 Å². The van der Waals surface area contributed by atoms with Crippen LogP contribution < -0.4 is 5.73 Å². The molecule has 0 aliphatic carbocycles. The number of nitrogen functional groups attached to an aromatic ring is 1. The highest BCUT2D eigenvalue weighted by atomic mass is 32.1. The Labute approximate surface area is 184 Å². The Hall–Kier alpha value is -3.76. The number of aryl methyl sites for hydroxylation is 1. The number of aromatic nitrogens is 1. The van der Waals surface area contributed by atoms with Gasteiger partial charge in [-0.1, -0.05) is 90.5 Å². The molecule has 0 atom stereocenters. The molecule has 0 bridgehead atoms. The summed E-state index contributed by atoms with van der Waals surface area (Å²) < 4.78 is 0. The van der Waals surface area contributed by atoms with E-state index in [-0.39, 0.29) is 5.78 Å². The number of hydrogen-bond donors (Lipinski definition) is 1. The van der Waals surface area contributed by atoms with Crippen molar-refractivity contribution in [2.24, 2.45) is 0 Å². The van der Waals surface area contributed by atoms with Crippen LogP contribution in [0.3, 0.4) is 0 Å². The Balaban J connectivity index is 1.76. The van der Waals surface area contributed by atoms with Crippen molar-refractivity contribution in [1.82, 2.24) is 4.98 Å². The van der Waals surface area contributed by atoms with Gasteiger partial charge in [-0.3, -0.25) is 4.79 Å². The zero-order valence-corrected chi connectivity index (χ0v) is 17.8. The van der Waals surface area contributed by atoms with E-state index in [0.717, 1.165) is 32.6 Å². The van der Waals surface area contributed by atoms with E-state index in [4.69, 9.17) is 10.7 Å². The van der Waals surface area contributed by atoms with Crippen LogP contribution in [0.2, 0.25) is 0 Å². The molecule has 0 fully saturated rings. The molecule has 31 heavy (non-hydrogen) atoms. The number of anilines is 1. The molecule has 0 amide bonds. The molecule has 2 N–H and O–H groups in total. The predicted octanol–water partition coefficient (Wildman–Crippen LogP) is 6.75. The second kappa shape index (κ2) is 7.82. The average molecular weight is 421 g/mol. The number of rotatable bonds is 4. The van der Waals surface area contributed by atoms with Crippen LogP contribution in [0, 0.1) is 6.92 Å². The molecule has 0 aliphatic rings. The number of pyridine rings is 1. The Morgan fingerprint density at radius 3 is 2.16 bits per heavy atom. The summed E-state index contributed by atoms with van der Waals surface area (Å²) >= 11 is 1.36. The van der Waals surface area contributed by atoms with Crippen LogP contribution >= 0.6 is 11.3 Å². The standard InChI is InChI=1S/C27H20N2OS/c1-17-12-14-19(15-13-17)22-16-21(18-8-4-2-5-9-18)23-24(28)26(31-27(23)29-22)25(30)20-10-6-3-7-11-20/h2-16H,28H2,1H3. The lowest BCUT2D eigenvalue weighted by Crippen LogP contribution is -2.01. The van der Waals surface area contributed by atoms with Crippen LogP contribution in [0.1, 0.15) is 20.8 Å². The number of hydrogen-bond acceptors (Lipinski definition) is 4. The van der Waals surface area contributed by atoms with E-state index in [1.807, 2.05) is 48.5 Å². The van der Waals surface area contributed by atoms with Gasteiger partial charge in [-0.05, 0) is 24.1 Å². The number of nitrogens with two attached hydrogens (primary N) is 1. The van der Waals surface area contributed by atoms with Gasteiger partial charge in [0.1, 0.15) is 9.71 Å². The van der Waals surface area contributed by atoms with Gasteiger partial charge in [0.15, 0.2) is 0 Å². The Kier molecular flexibility index (Phi) is 4.85. The molecule has 0 saturated heterocycles. The van der Waals surface area contributed by atoms with Crippen molar-refractivity contribution in [3.05, 3.63) is 107 Å². The van der Waals surface area contributed by atoms with E-state index >= 15 is 0 Å². The minimum atomic E-state index is -0.0722. The molecule has 4 heteroatoms. The van der Waals surface area contributed by atoms with Crippen LogP contribution in [-0.2, 0) is 0 Å². The van der Waals surface area contributed by atoms with Crippen molar-refractivity contribution >= 4 is 33.0 Å². The summed E-state index contributed by atoms with van der Waals surface area (Å²) in [5.41, 5.74) is 12.8. The molecule has 0 spiro atoms. The van der Waals surface area contributed by atoms with Gasteiger partial charge in [0, 0.05) is 16.5 Å². The van der Waals surface area contributed by atoms with Gasteiger partial charge >= 0.3 is 0 Å². The number of fused-ring (bicyclic) bond motifs is 1. The summed E-state index contributed by atoms with van der Waals surface area (Å²) in [5, 5.41) is 0.839. The van der Waals surface area contributed by atoms with Crippen LogP contribution in [0.15, 0.2) is 91.0 Å². The Morgan fingerprint density at radius 2 is 1.48 bits per heavy atom. The van der Waals surface area contributed by atoms with Gasteiger partial charge in [-0.2, -0.15) is 0 Å². The first-order valence-corrected chi connectivity index (χ1v) is 10.9. The summed E-state index contributed by atoms with van der Waals surface area (Å²) in [6, 6.07) is 29.7. The maximum Gasteiger partial charge on any atom is 0.205 e. The van der Waals surface area contributed by atoms with Gasteiger partial charge < -0.3 is 5.73 Å². The lowest BCUT2D eigenvalue weighted by molar-refractivity contribution is 0.104. The summed E-state index contributed by atoms with van der Waals surface area (Å²) in [7, 11) is 0. The second-order valence-corrected chi connectivity index (χ2v) is 8.51. The van der Waals surface area contributed by atoms with Crippen LogP contribution in [0.25, 0.3) is 32.6 Å². The third-order valence-electron chi connectivity index (χ3n) is 5.37. The number of benzene rings is 3. The smallest absolute Gasteiger partial charge is 0.205 e. The van der Waals surface area contributed by atoms with Gasteiger partial charge in [0.25, 0.3) is 0 Å². The summed E-state index contributed by atoms with van der Waals surface area (Å²) in [4.78, 5) is 19.4. The summed E-state index contributed by atoms with van der Waals surface area (Å²) in [6.45, 7) is 2.07. The average Bonchev–Trinajstić information content (AvgIpc) is 3.16. The van der Waals surface area contributed by atoms with Crippen molar-refractivity contribution in [3.63, 3.8) is 0 Å². The minimum Gasteiger partial charge on any atom is -0.397 e. The molecule has 3 aromatic carbocycles. The molecule has 2 aromatic heterocycles. The van der Waals surface area contributed by atoms with Crippen LogP contribution in [0.5, 0.6) is 0 Å². The van der Waals surface area contributed by atoms with E-state index in [1.54, 1.807) is 0 Å². The van der Waals surface area contributed by atoms with E-state index in [0.29, 0.717) is 16.1 Å². The predicted molar refractivity (Wildman–Crippen MR) is 130 cm³/mol. The number of ketones is 1. The molecule has 2 heterocycles. The largest absolute Gasteiger partial charge is 0.397 e. The van der Waals surface area contributed by atoms with Crippen molar-refractivity contribution in [1.29, 1.82) is 0 Å². The molecule has 5 rings (SSSR count). The fourth-order valence-corrected chi connectivity index (χ4v) is 4.81. The molecule has 0 unspecified atom stereocenters. The van der Waals surface area contributed by atoms with E-state index in [9.17, 15) is 4.79 Å². The van der Waals surface area contributed by atoms with E-state index < -0.39 is 0 Å². The maximum atomic E-state index is 13.2. The second-order valence-electron chi connectivity index (χ2n) is 7.51. The van der Waals surface area contributed by atoms with Gasteiger partial charge in [0.05, 0.1) is 11.4 Å². The molecule has 0 radical (unpaired) electrons. The van der Waals surface area contributed by atoms with Crippen molar-refractivity contribution in [2.45, 2.75) is 6.92 Å². The van der Waals surface area contributed by atoms with Crippen LogP contribution in [-0.4, -0.2) is 10.8 Å². The van der Waals surface area contributed by atoms with Gasteiger partial charge in [-0.25, -0.2) is 4.98 Å². The Bertz CT molecular complexity index is 1390. The third kappa shape index (κ3) is 3.51. The van der Waals surface area contributed by atoms with Crippen LogP contribution in [0.4, 0.5) is 5.69 Å². The molecular formula is C27H20N2OS. The first-order chi connectivity index (χ1) is 15.1. The zero-order chi connectivity index (χ0) is 21.4. The Morgan fingerprint density at radius 1 is 0.839 bits per heavy atom. The highest BCUT2D eigenvalue weighted by Crippen LogP contribution is 2.42. The van der Waals surface area contributed by atoms with E-state index in [2.05, 4.69) is 49.4 Å². The highest BCUT2D eigenvalue weighted by molar-refractivity contribution is 7.21. The van der Waals surface area contributed by atoms with Gasteiger partial charge in [0.2, 0.25) is 5.78 Å². The maximum absolute atomic E-state index is 13.2. The molecular weight excluding hydrogens is 400 g/mol. The first kappa shape index (κ1) is 19.2.